The Labute approximate surface area is 125 Å². The molecule has 0 saturated carbocycles. The smallest absolute Gasteiger partial charge is 0.309 e. The molecular formula is C16H23NO4. The van der Waals surface area contributed by atoms with Gasteiger partial charge in [-0.25, -0.2) is 0 Å². The summed E-state index contributed by atoms with van der Waals surface area (Å²) in [4.78, 5) is 23.1. The van der Waals surface area contributed by atoms with Gasteiger partial charge in [0.25, 0.3) is 0 Å². The van der Waals surface area contributed by atoms with Crippen molar-refractivity contribution in [2.45, 2.75) is 40.5 Å². The quantitative estimate of drug-likeness (QED) is 0.809. The number of benzene rings is 1. The summed E-state index contributed by atoms with van der Waals surface area (Å²) in [5, 5.41) is 11.8. The predicted octanol–water partition coefficient (Wildman–Crippen LogP) is 3.22. The largest absolute Gasteiger partial charge is 0.491 e. The van der Waals surface area contributed by atoms with Gasteiger partial charge in [0.15, 0.2) is 0 Å². The first-order chi connectivity index (χ1) is 9.76. The number of rotatable bonds is 7. The Morgan fingerprint density at radius 1 is 1.33 bits per heavy atom. The zero-order chi connectivity index (χ0) is 16.0. The van der Waals surface area contributed by atoms with E-state index >= 15 is 0 Å². The van der Waals surface area contributed by atoms with Crippen LogP contribution in [0.15, 0.2) is 18.2 Å². The Morgan fingerprint density at radius 2 is 2.00 bits per heavy atom. The van der Waals surface area contributed by atoms with Crippen molar-refractivity contribution in [3.05, 3.63) is 23.8 Å². The third-order valence-electron chi connectivity index (χ3n) is 3.05. The summed E-state index contributed by atoms with van der Waals surface area (Å²) >= 11 is 0. The lowest BCUT2D eigenvalue weighted by Crippen LogP contribution is -2.29. The van der Waals surface area contributed by atoms with Crippen LogP contribution in [0.3, 0.4) is 0 Å². The lowest BCUT2D eigenvalue weighted by atomic mass is 9.89. The van der Waals surface area contributed by atoms with Crippen molar-refractivity contribution in [1.82, 2.24) is 0 Å². The molecule has 0 spiro atoms. The van der Waals surface area contributed by atoms with Gasteiger partial charge in [0.1, 0.15) is 5.75 Å². The topological polar surface area (TPSA) is 75.6 Å². The molecule has 2 N–H and O–H groups in total. The van der Waals surface area contributed by atoms with Crippen LogP contribution in [0, 0.1) is 12.3 Å². The van der Waals surface area contributed by atoms with Crippen LogP contribution in [0.25, 0.3) is 0 Å². The lowest BCUT2D eigenvalue weighted by Gasteiger charge is -2.19. The number of ether oxygens (including phenoxy) is 1. The van der Waals surface area contributed by atoms with Crippen LogP contribution in [0.5, 0.6) is 5.75 Å². The number of anilines is 1. The summed E-state index contributed by atoms with van der Waals surface area (Å²) in [6.45, 7) is 7.56. The summed E-state index contributed by atoms with van der Waals surface area (Å²) < 4.78 is 5.61. The van der Waals surface area contributed by atoms with Crippen LogP contribution >= 0.6 is 0 Å². The van der Waals surface area contributed by atoms with Gasteiger partial charge in [-0.2, -0.15) is 0 Å². The standard InChI is InChI=1S/C16H23NO4/c1-5-8-21-13-9-11(2)6-7-12(13)17-14(18)10-16(3,4)15(19)20/h6-7,9H,5,8,10H2,1-4H3,(H,17,18)(H,19,20). The molecule has 1 rings (SSSR count). The van der Waals surface area contributed by atoms with Gasteiger partial charge in [0, 0.05) is 6.42 Å². The number of aliphatic carboxylic acids is 1. The lowest BCUT2D eigenvalue weighted by molar-refractivity contribution is -0.148. The zero-order valence-electron chi connectivity index (χ0n) is 13.0. The van der Waals surface area contributed by atoms with Crippen molar-refractivity contribution in [3.63, 3.8) is 0 Å². The highest BCUT2D eigenvalue weighted by molar-refractivity contribution is 5.95. The molecule has 1 aromatic carbocycles. The van der Waals surface area contributed by atoms with Crippen LogP contribution < -0.4 is 10.1 Å². The fourth-order valence-corrected chi connectivity index (χ4v) is 1.74. The molecule has 0 saturated heterocycles. The van der Waals surface area contributed by atoms with Crippen molar-refractivity contribution >= 4 is 17.6 Å². The van der Waals surface area contributed by atoms with Gasteiger partial charge in [-0.15, -0.1) is 0 Å². The van der Waals surface area contributed by atoms with E-state index in [1.807, 2.05) is 26.0 Å². The summed E-state index contributed by atoms with van der Waals surface area (Å²) in [6.07, 6.45) is 0.775. The summed E-state index contributed by atoms with van der Waals surface area (Å²) in [6, 6.07) is 5.50. The minimum atomic E-state index is -1.10. The van der Waals surface area contributed by atoms with E-state index in [4.69, 9.17) is 9.84 Å². The normalized spacial score (nSPS) is 11.0. The molecule has 1 aromatic rings. The first-order valence-corrected chi connectivity index (χ1v) is 7.03. The van der Waals surface area contributed by atoms with Crippen molar-refractivity contribution in [2.24, 2.45) is 5.41 Å². The maximum absolute atomic E-state index is 12.0. The highest BCUT2D eigenvalue weighted by atomic mass is 16.5. The van der Waals surface area contributed by atoms with Crippen molar-refractivity contribution < 1.29 is 19.4 Å². The fraction of sp³-hybridized carbons (Fsp3) is 0.500. The fourth-order valence-electron chi connectivity index (χ4n) is 1.74. The molecule has 0 unspecified atom stereocenters. The number of nitrogens with one attached hydrogen (secondary N) is 1. The maximum Gasteiger partial charge on any atom is 0.309 e. The number of carbonyl (C=O) groups excluding carboxylic acids is 1. The highest BCUT2D eigenvalue weighted by Crippen LogP contribution is 2.28. The van der Waals surface area contributed by atoms with Gasteiger partial charge in [0.2, 0.25) is 5.91 Å². The molecular weight excluding hydrogens is 270 g/mol. The van der Waals surface area contributed by atoms with Crippen LogP contribution in [-0.2, 0) is 9.59 Å². The molecule has 0 aliphatic carbocycles. The average molecular weight is 293 g/mol. The second-order valence-corrected chi connectivity index (χ2v) is 5.76. The van der Waals surface area contributed by atoms with E-state index in [0.29, 0.717) is 18.0 Å². The zero-order valence-corrected chi connectivity index (χ0v) is 13.0. The second-order valence-electron chi connectivity index (χ2n) is 5.76. The molecule has 0 aromatic heterocycles. The van der Waals surface area contributed by atoms with Gasteiger partial charge < -0.3 is 15.2 Å². The average Bonchev–Trinajstić information content (AvgIpc) is 2.38. The van der Waals surface area contributed by atoms with Gasteiger partial charge in [-0.1, -0.05) is 13.0 Å². The predicted molar refractivity (Wildman–Crippen MR) is 81.6 cm³/mol. The first-order valence-electron chi connectivity index (χ1n) is 7.03. The van der Waals surface area contributed by atoms with Crippen LogP contribution in [0.1, 0.15) is 39.2 Å². The third kappa shape index (κ3) is 5.10. The monoisotopic (exact) mass is 293 g/mol. The molecule has 0 aliphatic rings. The number of carbonyl (C=O) groups is 2. The minimum absolute atomic E-state index is 0.0938. The molecule has 5 nitrogen and oxygen atoms in total. The number of hydrogen-bond acceptors (Lipinski definition) is 3. The number of aryl methyl sites for hydroxylation is 1. The SMILES string of the molecule is CCCOc1cc(C)ccc1NC(=O)CC(C)(C)C(=O)O. The maximum atomic E-state index is 12.0. The van der Waals surface area contributed by atoms with E-state index in [2.05, 4.69) is 5.32 Å². The molecule has 0 fully saturated rings. The second kappa shape index (κ2) is 7.11. The molecule has 21 heavy (non-hydrogen) atoms. The number of amides is 1. The number of carboxylic acid groups (broad SMARTS) is 1. The molecule has 0 heterocycles. The minimum Gasteiger partial charge on any atom is -0.491 e. The summed E-state index contributed by atoms with van der Waals surface area (Å²) in [7, 11) is 0. The molecule has 0 atom stereocenters. The molecule has 1 amide bonds. The van der Waals surface area contributed by atoms with Crippen molar-refractivity contribution in [2.75, 3.05) is 11.9 Å². The van der Waals surface area contributed by atoms with Crippen LogP contribution in [0.2, 0.25) is 0 Å². The van der Waals surface area contributed by atoms with Gasteiger partial charge in [-0.3, -0.25) is 9.59 Å². The molecule has 0 bridgehead atoms. The Morgan fingerprint density at radius 3 is 2.57 bits per heavy atom. The van der Waals surface area contributed by atoms with Crippen molar-refractivity contribution in [3.8, 4) is 5.75 Å². The van der Waals surface area contributed by atoms with Crippen LogP contribution in [0.4, 0.5) is 5.69 Å². The van der Waals surface area contributed by atoms with E-state index in [-0.39, 0.29) is 12.3 Å². The first kappa shape index (κ1) is 17.0. The van der Waals surface area contributed by atoms with Gasteiger partial charge in [-0.05, 0) is 44.9 Å². The summed E-state index contributed by atoms with van der Waals surface area (Å²) in [5.41, 5.74) is 0.504. The highest BCUT2D eigenvalue weighted by Gasteiger charge is 2.30. The molecule has 5 heteroatoms. The molecule has 0 radical (unpaired) electrons. The molecule has 116 valence electrons. The van der Waals surface area contributed by atoms with Gasteiger partial charge >= 0.3 is 5.97 Å². The van der Waals surface area contributed by atoms with Crippen molar-refractivity contribution in [1.29, 1.82) is 0 Å². The molecule has 0 aliphatic heterocycles. The van der Waals surface area contributed by atoms with E-state index in [9.17, 15) is 9.59 Å². The summed E-state index contributed by atoms with van der Waals surface area (Å²) in [5.74, 6) is -0.727. The van der Waals surface area contributed by atoms with E-state index in [0.717, 1.165) is 12.0 Å². The third-order valence-corrected chi connectivity index (χ3v) is 3.05. The van der Waals surface area contributed by atoms with Crippen LogP contribution in [-0.4, -0.2) is 23.6 Å². The van der Waals surface area contributed by atoms with Gasteiger partial charge in [0.05, 0.1) is 17.7 Å². The number of carboxylic acids is 1. The Bertz CT molecular complexity index is 523. The van der Waals surface area contributed by atoms with E-state index in [1.165, 1.54) is 13.8 Å². The number of hydrogen-bond donors (Lipinski definition) is 2. The Kier molecular flexibility index (Phi) is 5.76. The van der Waals surface area contributed by atoms with E-state index in [1.54, 1.807) is 6.07 Å². The Balaban J connectivity index is 2.82. The van der Waals surface area contributed by atoms with E-state index < -0.39 is 11.4 Å². The Hall–Kier alpha value is -2.04.